The summed E-state index contributed by atoms with van der Waals surface area (Å²) >= 11 is 0. The molecule has 8 nitrogen and oxygen atoms in total. The number of benzene rings is 2. The molecule has 0 saturated heterocycles. The van der Waals surface area contributed by atoms with Crippen LogP contribution in [-0.4, -0.2) is 27.2 Å². The Labute approximate surface area is 165 Å². The summed E-state index contributed by atoms with van der Waals surface area (Å²) in [6.45, 7) is 1.66. The van der Waals surface area contributed by atoms with E-state index in [0.29, 0.717) is 11.1 Å². The van der Waals surface area contributed by atoms with Gasteiger partial charge in [0.2, 0.25) is 0 Å². The number of rotatable bonds is 6. The molecule has 0 unspecified atom stereocenters. The maximum absolute atomic E-state index is 13.1. The fourth-order valence-corrected chi connectivity index (χ4v) is 2.94. The van der Waals surface area contributed by atoms with Crippen LogP contribution in [0.2, 0.25) is 0 Å². The fourth-order valence-electron chi connectivity index (χ4n) is 2.94. The van der Waals surface area contributed by atoms with E-state index < -0.39 is 16.5 Å². The van der Waals surface area contributed by atoms with Gasteiger partial charge in [0.05, 0.1) is 18.1 Å². The van der Waals surface area contributed by atoms with E-state index in [4.69, 9.17) is 4.74 Å². The Morgan fingerprint density at radius 1 is 1.14 bits per heavy atom. The molecule has 1 aromatic heterocycles. The van der Waals surface area contributed by atoms with E-state index >= 15 is 0 Å². The van der Waals surface area contributed by atoms with Crippen molar-refractivity contribution < 1.29 is 19.6 Å². The number of aromatic hydroxyl groups is 1. The number of hydrogen-bond acceptors (Lipinski definition) is 6. The second kappa shape index (κ2) is 8.39. The van der Waals surface area contributed by atoms with E-state index in [1.807, 2.05) is 0 Å². The van der Waals surface area contributed by atoms with Crippen molar-refractivity contribution in [1.82, 2.24) is 4.57 Å². The molecule has 3 aromatic rings. The highest BCUT2D eigenvalue weighted by molar-refractivity contribution is 5.97. The van der Waals surface area contributed by atoms with Crippen molar-refractivity contribution in [3.63, 3.8) is 0 Å². The highest BCUT2D eigenvalue weighted by atomic mass is 16.6. The van der Waals surface area contributed by atoms with Crippen molar-refractivity contribution in [2.24, 2.45) is 0 Å². The van der Waals surface area contributed by atoms with Crippen molar-refractivity contribution in [3.8, 4) is 17.0 Å². The van der Waals surface area contributed by atoms with Crippen LogP contribution in [0.4, 0.5) is 5.69 Å². The van der Waals surface area contributed by atoms with E-state index in [1.54, 1.807) is 37.3 Å². The topological polar surface area (TPSA) is 112 Å². The van der Waals surface area contributed by atoms with Crippen molar-refractivity contribution in [2.75, 3.05) is 6.61 Å². The maximum Gasteiger partial charge on any atom is 0.344 e. The molecule has 0 aliphatic carbocycles. The minimum Gasteiger partial charge on any atom is -0.494 e. The fraction of sp³-hybridized carbons (Fsp3) is 0.143. The zero-order chi connectivity index (χ0) is 21.0. The van der Waals surface area contributed by atoms with E-state index in [9.17, 15) is 24.8 Å². The predicted molar refractivity (Wildman–Crippen MR) is 106 cm³/mol. The second-order valence-corrected chi connectivity index (χ2v) is 6.19. The van der Waals surface area contributed by atoms with Crippen LogP contribution in [0.25, 0.3) is 11.1 Å². The van der Waals surface area contributed by atoms with Crippen molar-refractivity contribution in [1.29, 1.82) is 0 Å². The molecule has 8 heteroatoms. The van der Waals surface area contributed by atoms with Crippen molar-refractivity contribution >= 4 is 11.7 Å². The van der Waals surface area contributed by atoms with E-state index in [-0.39, 0.29) is 35.8 Å². The lowest BCUT2D eigenvalue weighted by molar-refractivity contribution is -0.384. The number of nitro benzene ring substituents is 1. The summed E-state index contributed by atoms with van der Waals surface area (Å²) in [5.74, 6) is -1.12. The summed E-state index contributed by atoms with van der Waals surface area (Å²) in [7, 11) is 0. The van der Waals surface area contributed by atoms with Crippen LogP contribution in [0.15, 0.2) is 65.5 Å². The molecule has 2 aromatic carbocycles. The summed E-state index contributed by atoms with van der Waals surface area (Å²) in [5.41, 5.74) is 0.433. The molecule has 0 radical (unpaired) electrons. The van der Waals surface area contributed by atoms with Gasteiger partial charge in [0.25, 0.3) is 11.2 Å². The smallest absolute Gasteiger partial charge is 0.344 e. The SMILES string of the molecule is CCOC(=O)c1c(-c2ccccc2)cc(O)n(Cc2ccc([N+](=O)[O-])cc2)c1=O. The number of non-ortho nitro benzene ring substituents is 1. The first-order chi connectivity index (χ1) is 13.9. The monoisotopic (exact) mass is 394 g/mol. The van der Waals surface area contributed by atoms with Gasteiger partial charge in [0.1, 0.15) is 5.56 Å². The van der Waals surface area contributed by atoms with Gasteiger partial charge in [-0.2, -0.15) is 0 Å². The van der Waals surface area contributed by atoms with Gasteiger partial charge in [-0.1, -0.05) is 42.5 Å². The van der Waals surface area contributed by atoms with Crippen LogP contribution < -0.4 is 5.56 Å². The van der Waals surface area contributed by atoms with Crippen LogP contribution >= 0.6 is 0 Å². The van der Waals surface area contributed by atoms with E-state index in [0.717, 1.165) is 4.57 Å². The van der Waals surface area contributed by atoms with Gasteiger partial charge in [-0.05, 0) is 18.1 Å². The number of carbonyl (C=O) groups is 1. The van der Waals surface area contributed by atoms with Gasteiger partial charge in [0.15, 0.2) is 5.88 Å². The minimum absolute atomic E-state index is 0.0653. The number of nitro groups is 1. The molecule has 0 atom stereocenters. The molecular weight excluding hydrogens is 376 g/mol. The lowest BCUT2D eigenvalue weighted by Crippen LogP contribution is -2.28. The average Bonchev–Trinajstić information content (AvgIpc) is 2.71. The number of nitrogens with zero attached hydrogens (tertiary/aromatic N) is 2. The molecule has 148 valence electrons. The molecule has 29 heavy (non-hydrogen) atoms. The number of hydrogen-bond donors (Lipinski definition) is 1. The first kappa shape index (κ1) is 19.8. The molecule has 0 fully saturated rings. The summed E-state index contributed by atoms with van der Waals surface area (Å²) in [6, 6.07) is 15.7. The standard InChI is InChI=1S/C21H18N2O6/c1-2-29-21(26)19-17(15-6-4-3-5-7-15)12-18(24)22(20(19)25)13-14-8-10-16(11-9-14)23(27)28/h3-12,24H,2,13H2,1H3. The number of carbonyl (C=O) groups excluding carboxylic acids is 1. The average molecular weight is 394 g/mol. The molecule has 0 aliphatic rings. The van der Waals surface area contributed by atoms with Crippen LogP contribution in [-0.2, 0) is 11.3 Å². The van der Waals surface area contributed by atoms with E-state index in [2.05, 4.69) is 0 Å². The number of aromatic nitrogens is 1. The Morgan fingerprint density at radius 3 is 2.38 bits per heavy atom. The molecule has 1 N–H and O–H groups in total. The van der Waals surface area contributed by atoms with Crippen LogP contribution in [0.1, 0.15) is 22.8 Å². The normalized spacial score (nSPS) is 10.5. The summed E-state index contributed by atoms with van der Waals surface area (Å²) in [4.78, 5) is 35.8. The Balaban J connectivity index is 2.11. The van der Waals surface area contributed by atoms with Crippen LogP contribution in [0.3, 0.4) is 0 Å². The summed E-state index contributed by atoms with van der Waals surface area (Å²) in [6.07, 6.45) is 0. The number of ether oxygens (including phenoxy) is 1. The van der Waals surface area contributed by atoms with Gasteiger partial charge in [-0.25, -0.2) is 4.79 Å². The molecule has 0 amide bonds. The highest BCUT2D eigenvalue weighted by Crippen LogP contribution is 2.26. The molecule has 0 aliphatic heterocycles. The largest absolute Gasteiger partial charge is 0.494 e. The highest BCUT2D eigenvalue weighted by Gasteiger charge is 2.23. The number of esters is 1. The van der Waals surface area contributed by atoms with Crippen molar-refractivity contribution in [3.05, 3.63) is 92.3 Å². The van der Waals surface area contributed by atoms with Crippen LogP contribution in [0, 0.1) is 10.1 Å². The molecule has 0 spiro atoms. The maximum atomic E-state index is 13.1. The molecule has 0 saturated carbocycles. The summed E-state index contributed by atoms with van der Waals surface area (Å²) < 4.78 is 6.08. The molecular formula is C21H18N2O6. The first-order valence-electron chi connectivity index (χ1n) is 8.85. The lowest BCUT2D eigenvalue weighted by Gasteiger charge is -2.15. The molecule has 0 bridgehead atoms. The zero-order valence-electron chi connectivity index (χ0n) is 15.6. The quantitative estimate of drug-likeness (QED) is 0.390. The van der Waals surface area contributed by atoms with E-state index in [1.165, 1.54) is 30.3 Å². The summed E-state index contributed by atoms with van der Waals surface area (Å²) in [5, 5.41) is 21.3. The Hall–Kier alpha value is -3.94. The van der Waals surface area contributed by atoms with Gasteiger partial charge < -0.3 is 9.84 Å². The first-order valence-corrected chi connectivity index (χ1v) is 8.85. The van der Waals surface area contributed by atoms with Gasteiger partial charge in [0, 0.05) is 23.8 Å². The Kier molecular flexibility index (Phi) is 5.73. The lowest BCUT2D eigenvalue weighted by atomic mass is 10.0. The molecule has 1 heterocycles. The van der Waals surface area contributed by atoms with Gasteiger partial charge >= 0.3 is 5.97 Å². The Morgan fingerprint density at radius 2 is 1.79 bits per heavy atom. The third-order valence-corrected chi connectivity index (χ3v) is 4.33. The van der Waals surface area contributed by atoms with Gasteiger partial charge in [-0.3, -0.25) is 19.5 Å². The van der Waals surface area contributed by atoms with Crippen molar-refractivity contribution in [2.45, 2.75) is 13.5 Å². The zero-order valence-corrected chi connectivity index (χ0v) is 15.6. The van der Waals surface area contributed by atoms with Crippen LogP contribution in [0.5, 0.6) is 5.88 Å². The minimum atomic E-state index is -0.784. The Bertz CT molecular complexity index is 1100. The van der Waals surface area contributed by atoms with Gasteiger partial charge in [-0.15, -0.1) is 0 Å². The molecule has 3 rings (SSSR count). The predicted octanol–water partition coefficient (Wildman–Crippen LogP) is 3.35. The third kappa shape index (κ3) is 4.16. The third-order valence-electron chi connectivity index (χ3n) is 4.33. The number of pyridine rings is 1. The second-order valence-electron chi connectivity index (χ2n) is 6.19.